The van der Waals surface area contributed by atoms with Crippen LogP contribution in [0.4, 0.5) is 10.1 Å². The first-order valence-electron chi connectivity index (χ1n) is 10.3. The molecule has 1 saturated heterocycles. The van der Waals surface area contributed by atoms with E-state index >= 15 is 0 Å². The summed E-state index contributed by atoms with van der Waals surface area (Å²) in [5.41, 5.74) is 1.36. The summed E-state index contributed by atoms with van der Waals surface area (Å²) in [5.74, 6) is -3.29. The van der Waals surface area contributed by atoms with Gasteiger partial charge in [0.05, 0.1) is 25.1 Å². The van der Waals surface area contributed by atoms with Gasteiger partial charge in [0.2, 0.25) is 0 Å². The normalized spacial score (nSPS) is 17.1. The molecule has 0 bridgehead atoms. The molecule has 4 rings (SSSR count). The van der Waals surface area contributed by atoms with Crippen molar-refractivity contribution in [3.63, 3.8) is 0 Å². The Morgan fingerprint density at radius 1 is 1.03 bits per heavy atom. The van der Waals surface area contributed by atoms with Crippen molar-refractivity contribution in [1.29, 1.82) is 0 Å². The van der Waals surface area contributed by atoms with Crippen LogP contribution in [-0.2, 0) is 25.5 Å². The second kappa shape index (κ2) is 9.19. The molecule has 1 aliphatic heterocycles. The number of ketones is 1. The molecule has 1 unspecified atom stereocenters. The highest BCUT2D eigenvalue weighted by molar-refractivity contribution is 6.51. The van der Waals surface area contributed by atoms with Gasteiger partial charge in [-0.2, -0.15) is 0 Å². The molecule has 34 heavy (non-hydrogen) atoms. The molecule has 3 aromatic carbocycles. The van der Waals surface area contributed by atoms with Gasteiger partial charge in [-0.15, -0.1) is 0 Å². The number of anilines is 1. The third-order valence-electron chi connectivity index (χ3n) is 5.54. The maximum atomic E-state index is 13.4. The molecule has 1 aliphatic rings. The van der Waals surface area contributed by atoms with Gasteiger partial charge in [0.25, 0.3) is 11.7 Å². The number of phenolic OH excluding ortho intramolecular Hbond substituents is 1. The number of aliphatic hydroxyl groups excluding tert-OH is 1. The summed E-state index contributed by atoms with van der Waals surface area (Å²) in [4.78, 5) is 39.0. The molecule has 0 aliphatic carbocycles. The van der Waals surface area contributed by atoms with Gasteiger partial charge in [-0.25, -0.2) is 4.39 Å². The summed E-state index contributed by atoms with van der Waals surface area (Å²) in [6.07, 6.45) is 0.0378. The molecule has 0 aromatic heterocycles. The maximum Gasteiger partial charge on any atom is 0.309 e. The Hall–Kier alpha value is -4.46. The Bertz CT molecular complexity index is 1300. The largest absolute Gasteiger partial charge is 0.508 e. The summed E-state index contributed by atoms with van der Waals surface area (Å²) in [5, 5.41) is 21.0. The number of amides is 1. The Morgan fingerprint density at radius 2 is 1.71 bits per heavy atom. The number of benzene rings is 3. The van der Waals surface area contributed by atoms with E-state index in [1.165, 1.54) is 36.3 Å². The van der Waals surface area contributed by atoms with Gasteiger partial charge in [-0.05, 0) is 59.7 Å². The molecule has 1 heterocycles. The van der Waals surface area contributed by atoms with E-state index in [0.717, 1.165) is 12.1 Å². The van der Waals surface area contributed by atoms with E-state index in [4.69, 9.17) is 0 Å². The molecule has 3 aromatic rings. The number of nitrogens with zero attached hydrogens (tertiary/aromatic N) is 1. The van der Waals surface area contributed by atoms with Crippen LogP contribution in [0.2, 0.25) is 0 Å². The first-order valence-corrected chi connectivity index (χ1v) is 10.3. The van der Waals surface area contributed by atoms with Crippen LogP contribution in [0.3, 0.4) is 0 Å². The molecule has 0 spiro atoms. The zero-order chi connectivity index (χ0) is 24.4. The predicted octanol–water partition coefficient (Wildman–Crippen LogP) is 3.87. The molecule has 7 nitrogen and oxygen atoms in total. The number of halogens is 1. The maximum absolute atomic E-state index is 13.4. The van der Waals surface area contributed by atoms with Gasteiger partial charge < -0.3 is 14.9 Å². The van der Waals surface area contributed by atoms with Crippen LogP contribution in [0.25, 0.3) is 5.76 Å². The minimum Gasteiger partial charge on any atom is -0.508 e. The number of carbonyl (C=O) groups excluding carboxylic acids is 3. The van der Waals surface area contributed by atoms with E-state index in [1.807, 2.05) is 0 Å². The van der Waals surface area contributed by atoms with E-state index in [1.54, 1.807) is 36.4 Å². The second-order valence-corrected chi connectivity index (χ2v) is 7.69. The first-order chi connectivity index (χ1) is 16.3. The molecule has 0 radical (unpaired) electrons. The number of aliphatic hydroxyl groups is 1. The minimum atomic E-state index is -1.05. The van der Waals surface area contributed by atoms with Crippen LogP contribution in [0, 0.1) is 5.82 Å². The summed E-state index contributed by atoms with van der Waals surface area (Å²) >= 11 is 0. The fourth-order valence-electron chi connectivity index (χ4n) is 3.89. The molecule has 8 heteroatoms. The number of carbonyl (C=O) groups is 3. The molecule has 0 saturated carbocycles. The number of aromatic hydroxyl groups is 1. The second-order valence-electron chi connectivity index (χ2n) is 7.69. The number of hydrogen-bond acceptors (Lipinski definition) is 6. The monoisotopic (exact) mass is 461 g/mol. The fraction of sp³-hybridized carbons (Fsp3) is 0.115. The van der Waals surface area contributed by atoms with Gasteiger partial charge in [0.15, 0.2) is 0 Å². The molecule has 1 amide bonds. The molecule has 1 atom stereocenters. The third-order valence-corrected chi connectivity index (χ3v) is 5.54. The quantitative estimate of drug-likeness (QED) is 0.259. The van der Waals surface area contributed by atoms with Gasteiger partial charge in [0, 0.05) is 11.3 Å². The van der Waals surface area contributed by atoms with Crippen molar-refractivity contribution in [1.82, 2.24) is 0 Å². The van der Waals surface area contributed by atoms with Crippen LogP contribution in [0.1, 0.15) is 22.7 Å². The number of Topliss-reactive ketones (excluding diaryl/α,β-unsaturated/α-hetero) is 1. The van der Waals surface area contributed by atoms with E-state index in [0.29, 0.717) is 16.8 Å². The number of rotatable bonds is 5. The topological polar surface area (TPSA) is 104 Å². The zero-order valence-corrected chi connectivity index (χ0v) is 18.1. The van der Waals surface area contributed by atoms with Gasteiger partial charge in [-0.1, -0.05) is 24.3 Å². The highest BCUT2D eigenvalue weighted by Gasteiger charge is 2.47. The average Bonchev–Trinajstić information content (AvgIpc) is 3.10. The van der Waals surface area contributed by atoms with Crippen molar-refractivity contribution in [2.75, 3.05) is 12.0 Å². The van der Waals surface area contributed by atoms with E-state index in [2.05, 4.69) is 4.74 Å². The van der Waals surface area contributed by atoms with E-state index < -0.39 is 35.3 Å². The standard InChI is InChI=1S/C26H20FNO6/c1-34-21(30)13-15-5-11-19(12-6-15)28-23(17-3-2-4-20(29)14-17)22(25(32)26(28)33)24(31)16-7-9-18(27)10-8-16/h2-12,14,23,29,31H,13H2,1H3/b24-22-. The highest BCUT2D eigenvalue weighted by Crippen LogP contribution is 2.42. The minimum absolute atomic E-state index is 0.0378. The van der Waals surface area contributed by atoms with Crippen molar-refractivity contribution in [2.45, 2.75) is 12.5 Å². The summed E-state index contributed by atoms with van der Waals surface area (Å²) in [7, 11) is 1.28. The van der Waals surface area contributed by atoms with Crippen molar-refractivity contribution in [3.8, 4) is 5.75 Å². The van der Waals surface area contributed by atoms with Crippen molar-refractivity contribution < 1.29 is 33.7 Å². The van der Waals surface area contributed by atoms with Gasteiger partial charge in [0.1, 0.15) is 17.3 Å². The van der Waals surface area contributed by atoms with Crippen molar-refractivity contribution >= 4 is 29.1 Å². The summed E-state index contributed by atoms with van der Waals surface area (Å²) in [6.45, 7) is 0. The average molecular weight is 461 g/mol. The van der Waals surface area contributed by atoms with E-state index in [9.17, 15) is 29.0 Å². The number of esters is 1. The van der Waals surface area contributed by atoms with E-state index in [-0.39, 0.29) is 23.3 Å². The molecule has 1 fully saturated rings. The molecular weight excluding hydrogens is 441 g/mol. The Labute approximate surface area is 194 Å². The summed E-state index contributed by atoms with van der Waals surface area (Å²) in [6, 6.07) is 16.3. The van der Waals surface area contributed by atoms with Crippen molar-refractivity contribution in [3.05, 3.63) is 101 Å². The fourth-order valence-corrected chi connectivity index (χ4v) is 3.89. The lowest BCUT2D eigenvalue weighted by Crippen LogP contribution is -2.29. The van der Waals surface area contributed by atoms with Gasteiger partial charge in [-0.3, -0.25) is 19.3 Å². The number of phenols is 1. The lowest BCUT2D eigenvalue weighted by Gasteiger charge is -2.25. The zero-order valence-electron chi connectivity index (χ0n) is 18.1. The van der Waals surface area contributed by atoms with Crippen LogP contribution in [-0.4, -0.2) is 35.0 Å². The number of hydrogen-bond donors (Lipinski definition) is 2. The summed E-state index contributed by atoms with van der Waals surface area (Å²) < 4.78 is 18.0. The Kier molecular flexibility index (Phi) is 6.14. The number of ether oxygens (including phenoxy) is 1. The van der Waals surface area contributed by atoms with Crippen LogP contribution in [0.5, 0.6) is 5.75 Å². The lowest BCUT2D eigenvalue weighted by molar-refractivity contribution is -0.139. The Morgan fingerprint density at radius 3 is 2.32 bits per heavy atom. The van der Waals surface area contributed by atoms with Crippen LogP contribution in [0.15, 0.2) is 78.4 Å². The first kappa shape index (κ1) is 22.7. The van der Waals surface area contributed by atoms with Crippen LogP contribution >= 0.6 is 0 Å². The molecular formula is C26H20FNO6. The van der Waals surface area contributed by atoms with Crippen LogP contribution < -0.4 is 4.90 Å². The SMILES string of the molecule is COC(=O)Cc1ccc(N2C(=O)C(=O)/C(=C(\O)c3ccc(F)cc3)C2c2cccc(O)c2)cc1. The van der Waals surface area contributed by atoms with Gasteiger partial charge >= 0.3 is 5.97 Å². The smallest absolute Gasteiger partial charge is 0.309 e. The highest BCUT2D eigenvalue weighted by atomic mass is 19.1. The predicted molar refractivity (Wildman–Crippen MR) is 121 cm³/mol. The Balaban J connectivity index is 1.85. The molecule has 172 valence electrons. The molecule has 2 N–H and O–H groups in total. The third kappa shape index (κ3) is 4.25. The lowest BCUT2D eigenvalue weighted by atomic mass is 9.95. The van der Waals surface area contributed by atoms with Crippen molar-refractivity contribution in [2.24, 2.45) is 0 Å². The number of methoxy groups -OCH3 is 1.